The van der Waals surface area contributed by atoms with Crippen molar-refractivity contribution in [3.8, 4) is 0 Å². The van der Waals surface area contributed by atoms with Crippen LogP contribution < -0.4 is 5.73 Å². The minimum Gasteiger partial charge on any atom is -0.399 e. The molecule has 19 heavy (non-hydrogen) atoms. The Kier molecular flexibility index (Phi) is 4.16. The average Bonchev–Trinajstić information content (AvgIpc) is 2.28. The van der Waals surface area contributed by atoms with E-state index in [1.54, 1.807) is 0 Å². The topological polar surface area (TPSA) is 32.5 Å². The van der Waals surface area contributed by atoms with E-state index in [-0.39, 0.29) is 0 Å². The lowest BCUT2D eigenvalue weighted by Gasteiger charge is -2.49. The van der Waals surface area contributed by atoms with Gasteiger partial charge in [-0.2, -0.15) is 0 Å². The van der Waals surface area contributed by atoms with Crippen molar-refractivity contribution in [2.45, 2.75) is 38.3 Å². The summed E-state index contributed by atoms with van der Waals surface area (Å²) < 4.78 is 0. The van der Waals surface area contributed by atoms with Crippen LogP contribution in [0.2, 0.25) is 0 Å². The van der Waals surface area contributed by atoms with Crippen molar-refractivity contribution in [3.05, 3.63) is 29.3 Å². The third-order valence-corrected chi connectivity index (χ3v) is 4.58. The lowest BCUT2D eigenvalue weighted by molar-refractivity contribution is 0.0259. The number of rotatable bonds is 5. The molecule has 0 aliphatic heterocycles. The van der Waals surface area contributed by atoms with Crippen LogP contribution in [-0.2, 0) is 6.54 Å². The maximum absolute atomic E-state index is 5.87. The van der Waals surface area contributed by atoms with E-state index in [1.807, 2.05) is 6.07 Å². The lowest BCUT2D eigenvalue weighted by Crippen LogP contribution is -2.56. The van der Waals surface area contributed by atoms with Gasteiger partial charge < -0.3 is 15.5 Å². The predicted octanol–water partition coefficient (Wildman–Crippen LogP) is 2.49. The highest BCUT2D eigenvalue weighted by molar-refractivity contribution is 5.47. The monoisotopic (exact) mass is 261 g/mol. The summed E-state index contributed by atoms with van der Waals surface area (Å²) in [5.41, 5.74) is 9.68. The van der Waals surface area contributed by atoms with E-state index in [0.29, 0.717) is 5.54 Å². The van der Waals surface area contributed by atoms with Gasteiger partial charge in [-0.1, -0.05) is 12.1 Å². The van der Waals surface area contributed by atoms with Gasteiger partial charge >= 0.3 is 0 Å². The molecule has 106 valence electrons. The standard InChI is InChI=1S/C16H27N3/c1-13-10-14(6-7-15(13)17)11-19(4)12-16(18(2)3)8-5-9-16/h6-7,10H,5,8-9,11-12,17H2,1-4H3. The third-order valence-electron chi connectivity index (χ3n) is 4.58. The van der Waals surface area contributed by atoms with E-state index in [4.69, 9.17) is 5.73 Å². The van der Waals surface area contributed by atoms with Gasteiger partial charge in [0.1, 0.15) is 0 Å². The second-order valence-corrected chi connectivity index (χ2v) is 6.34. The molecule has 2 rings (SSSR count). The first-order valence-electron chi connectivity index (χ1n) is 7.14. The Morgan fingerprint density at radius 3 is 2.37 bits per heavy atom. The van der Waals surface area contributed by atoms with Gasteiger partial charge in [0.15, 0.2) is 0 Å². The molecule has 0 amide bonds. The van der Waals surface area contributed by atoms with Crippen LogP contribution in [0.3, 0.4) is 0 Å². The number of nitrogens with zero attached hydrogens (tertiary/aromatic N) is 2. The Labute approximate surface area is 117 Å². The summed E-state index contributed by atoms with van der Waals surface area (Å²) in [6.07, 6.45) is 4.02. The predicted molar refractivity (Wildman–Crippen MR) is 82.2 cm³/mol. The quantitative estimate of drug-likeness (QED) is 0.827. The highest BCUT2D eigenvalue weighted by Gasteiger charge is 2.39. The van der Waals surface area contributed by atoms with E-state index in [9.17, 15) is 0 Å². The van der Waals surface area contributed by atoms with Gasteiger partial charge in [0.05, 0.1) is 0 Å². The summed E-state index contributed by atoms with van der Waals surface area (Å²) in [7, 11) is 6.63. The summed E-state index contributed by atoms with van der Waals surface area (Å²) >= 11 is 0. The van der Waals surface area contributed by atoms with Gasteiger partial charge in [-0.15, -0.1) is 0 Å². The Bertz CT molecular complexity index is 436. The second kappa shape index (κ2) is 5.51. The van der Waals surface area contributed by atoms with Crippen molar-refractivity contribution < 1.29 is 0 Å². The largest absolute Gasteiger partial charge is 0.399 e. The smallest absolute Gasteiger partial charge is 0.0343 e. The fourth-order valence-corrected chi connectivity index (χ4v) is 3.04. The van der Waals surface area contributed by atoms with Gasteiger partial charge in [-0.05, 0) is 64.5 Å². The van der Waals surface area contributed by atoms with E-state index >= 15 is 0 Å². The molecule has 0 unspecified atom stereocenters. The van der Waals surface area contributed by atoms with Crippen molar-refractivity contribution in [2.75, 3.05) is 33.4 Å². The van der Waals surface area contributed by atoms with Crippen molar-refractivity contribution in [3.63, 3.8) is 0 Å². The molecule has 0 saturated heterocycles. The molecule has 0 spiro atoms. The van der Waals surface area contributed by atoms with Crippen molar-refractivity contribution in [1.82, 2.24) is 9.80 Å². The molecule has 1 fully saturated rings. The molecule has 2 N–H and O–H groups in total. The number of benzene rings is 1. The minimum atomic E-state index is 0.400. The summed E-state index contributed by atoms with van der Waals surface area (Å²) in [5, 5.41) is 0. The first-order valence-corrected chi connectivity index (χ1v) is 7.14. The molecule has 3 nitrogen and oxygen atoms in total. The normalized spacial score (nSPS) is 17.8. The van der Waals surface area contributed by atoms with Gasteiger partial charge in [-0.3, -0.25) is 0 Å². The zero-order chi connectivity index (χ0) is 14.0. The van der Waals surface area contributed by atoms with E-state index in [2.05, 4.69) is 50.0 Å². The van der Waals surface area contributed by atoms with Crippen LogP contribution in [0.5, 0.6) is 0 Å². The molecule has 0 radical (unpaired) electrons. The van der Waals surface area contributed by atoms with Gasteiger partial charge in [0.25, 0.3) is 0 Å². The Hall–Kier alpha value is -1.06. The molecular weight excluding hydrogens is 234 g/mol. The molecule has 1 aliphatic rings. The van der Waals surface area contributed by atoms with Crippen molar-refractivity contribution in [1.29, 1.82) is 0 Å². The zero-order valence-electron chi connectivity index (χ0n) is 12.7. The van der Waals surface area contributed by atoms with Gasteiger partial charge in [0, 0.05) is 24.3 Å². The number of hydrogen-bond donors (Lipinski definition) is 1. The van der Waals surface area contributed by atoms with Crippen LogP contribution >= 0.6 is 0 Å². The molecule has 1 saturated carbocycles. The summed E-state index contributed by atoms with van der Waals surface area (Å²) in [6.45, 7) is 4.21. The minimum absolute atomic E-state index is 0.400. The molecule has 1 aromatic rings. The summed E-state index contributed by atoms with van der Waals surface area (Å²) in [5.74, 6) is 0. The highest BCUT2D eigenvalue weighted by Crippen LogP contribution is 2.36. The number of anilines is 1. The molecular formula is C16H27N3. The van der Waals surface area contributed by atoms with Crippen LogP contribution in [0.4, 0.5) is 5.69 Å². The SMILES string of the molecule is Cc1cc(CN(C)CC2(N(C)C)CCC2)ccc1N. The highest BCUT2D eigenvalue weighted by atomic mass is 15.2. The van der Waals surface area contributed by atoms with E-state index < -0.39 is 0 Å². The zero-order valence-corrected chi connectivity index (χ0v) is 12.7. The van der Waals surface area contributed by atoms with Crippen LogP contribution in [0.1, 0.15) is 30.4 Å². The van der Waals surface area contributed by atoms with Crippen LogP contribution in [-0.4, -0.2) is 43.0 Å². The third kappa shape index (κ3) is 3.10. The van der Waals surface area contributed by atoms with Gasteiger partial charge in [0.2, 0.25) is 0 Å². The fourth-order valence-electron chi connectivity index (χ4n) is 3.04. The molecule has 0 aromatic heterocycles. The van der Waals surface area contributed by atoms with Gasteiger partial charge in [-0.25, -0.2) is 0 Å². The molecule has 3 heteroatoms. The van der Waals surface area contributed by atoms with E-state index in [0.717, 1.165) is 18.8 Å². The fraction of sp³-hybridized carbons (Fsp3) is 0.625. The maximum atomic E-state index is 5.87. The lowest BCUT2D eigenvalue weighted by atomic mass is 9.75. The number of nitrogens with two attached hydrogens (primary N) is 1. The summed E-state index contributed by atoms with van der Waals surface area (Å²) in [4.78, 5) is 4.84. The number of hydrogen-bond acceptors (Lipinski definition) is 3. The van der Waals surface area contributed by atoms with Crippen molar-refractivity contribution >= 4 is 5.69 Å². The molecule has 0 heterocycles. The second-order valence-electron chi connectivity index (χ2n) is 6.34. The first-order chi connectivity index (χ1) is 8.93. The maximum Gasteiger partial charge on any atom is 0.0343 e. The molecule has 1 aliphatic carbocycles. The number of likely N-dealkylation sites (N-methyl/N-ethyl adjacent to an activating group) is 2. The van der Waals surface area contributed by atoms with Crippen LogP contribution in [0.25, 0.3) is 0 Å². The Morgan fingerprint density at radius 1 is 1.21 bits per heavy atom. The molecule has 0 bridgehead atoms. The van der Waals surface area contributed by atoms with Crippen molar-refractivity contribution in [2.24, 2.45) is 0 Å². The number of nitrogen functional groups attached to an aromatic ring is 1. The first kappa shape index (κ1) is 14.4. The molecule has 1 aromatic carbocycles. The Balaban J connectivity index is 1.97. The van der Waals surface area contributed by atoms with Crippen LogP contribution in [0.15, 0.2) is 18.2 Å². The van der Waals surface area contributed by atoms with Crippen LogP contribution in [0, 0.1) is 6.92 Å². The average molecular weight is 261 g/mol. The summed E-state index contributed by atoms with van der Waals surface area (Å²) in [6, 6.07) is 6.36. The number of aryl methyl sites for hydroxylation is 1. The Morgan fingerprint density at radius 2 is 1.89 bits per heavy atom. The molecule has 0 atom stereocenters. The van der Waals surface area contributed by atoms with E-state index in [1.165, 1.54) is 30.4 Å².